The first-order valence-electron chi connectivity index (χ1n) is 6.41. The van der Waals surface area contributed by atoms with E-state index in [2.05, 4.69) is 0 Å². The van der Waals surface area contributed by atoms with Gasteiger partial charge in [0.25, 0.3) is 5.24 Å². The summed E-state index contributed by atoms with van der Waals surface area (Å²) in [6.07, 6.45) is 1.41. The first-order chi connectivity index (χ1) is 8.95. The number of hydrogen-bond donors (Lipinski definition) is 1. The number of nitrogens with zero attached hydrogens (tertiary/aromatic N) is 2. The Kier molecular flexibility index (Phi) is 4.03. The van der Waals surface area contributed by atoms with Crippen LogP contribution in [0.25, 0.3) is 0 Å². The number of hydrogen-bond acceptors (Lipinski definition) is 4. The fraction of sp³-hybridized carbons (Fsp3) is 0.750. The van der Waals surface area contributed by atoms with Gasteiger partial charge in [-0.05, 0) is 19.8 Å². The first kappa shape index (κ1) is 14.2. The quantitative estimate of drug-likeness (QED) is 0.834. The number of carboxylic acid groups (broad SMARTS) is 1. The topological polar surface area (TPSA) is 77.9 Å². The highest BCUT2D eigenvalue weighted by Crippen LogP contribution is 2.30. The van der Waals surface area contributed by atoms with Gasteiger partial charge in [0, 0.05) is 31.8 Å². The number of rotatable bonds is 4. The summed E-state index contributed by atoms with van der Waals surface area (Å²) in [6, 6.07) is 0. The average molecular weight is 286 g/mol. The molecule has 1 unspecified atom stereocenters. The number of carbonyl (C=O) groups is 3. The number of carboxylic acids is 1. The summed E-state index contributed by atoms with van der Waals surface area (Å²) < 4.78 is 0. The third-order valence-corrected chi connectivity index (χ3v) is 4.74. The third kappa shape index (κ3) is 2.70. The summed E-state index contributed by atoms with van der Waals surface area (Å²) in [5, 5.41) is 9.26. The molecular formula is C12H18N2O4S. The van der Waals surface area contributed by atoms with E-state index >= 15 is 0 Å². The van der Waals surface area contributed by atoms with Crippen LogP contribution in [-0.4, -0.2) is 62.9 Å². The van der Waals surface area contributed by atoms with Crippen LogP contribution in [-0.2, 0) is 9.59 Å². The van der Waals surface area contributed by atoms with Crippen LogP contribution in [0.3, 0.4) is 0 Å². The largest absolute Gasteiger partial charge is 0.480 e. The molecule has 0 aromatic rings. The Bertz CT molecular complexity index is 415. The monoisotopic (exact) mass is 286 g/mol. The van der Waals surface area contributed by atoms with E-state index in [1.54, 1.807) is 11.8 Å². The average Bonchev–Trinajstić information content (AvgIpc) is 2.93. The smallest absolute Gasteiger partial charge is 0.329 e. The molecule has 0 aromatic carbocycles. The molecular weight excluding hydrogens is 268 g/mol. The fourth-order valence-electron chi connectivity index (χ4n) is 2.58. The van der Waals surface area contributed by atoms with Gasteiger partial charge in [-0.1, -0.05) is 11.8 Å². The Labute approximate surface area is 116 Å². The van der Waals surface area contributed by atoms with Crippen LogP contribution in [0, 0.1) is 0 Å². The van der Waals surface area contributed by atoms with E-state index in [1.807, 2.05) is 0 Å². The molecule has 0 radical (unpaired) electrons. The maximum absolute atomic E-state index is 12.1. The lowest BCUT2D eigenvalue weighted by Crippen LogP contribution is -2.51. The molecule has 7 heteroatoms. The van der Waals surface area contributed by atoms with Crippen LogP contribution in [0.2, 0.25) is 0 Å². The van der Waals surface area contributed by atoms with E-state index < -0.39 is 11.5 Å². The summed E-state index contributed by atoms with van der Waals surface area (Å²) in [6.45, 7) is 3.14. The van der Waals surface area contributed by atoms with Gasteiger partial charge in [0.15, 0.2) is 0 Å². The number of likely N-dealkylation sites (tertiary alicyclic amines) is 1. The standard InChI is InChI=1S/C12H18N2O4S/c1-12(10(16)17)4-2-5-14(12)9(15)3-6-13-7-8-19-11(13)18/h2-8H2,1H3,(H,16,17). The van der Waals surface area contributed by atoms with Crippen molar-refractivity contribution in [1.29, 1.82) is 0 Å². The lowest BCUT2D eigenvalue weighted by atomic mass is 9.99. The van der Waals surface area contributed by atoms with Crippen LogP contribution in [0.15, 0.2) is 0 Å². The molecule has 0 aromatic heterocycles. The Morgan fingerprint density at radius 1 is 1.42 bits per heavy atom. The zero-order valence-electron chi connectivity index (χ0n) is 10.9. The molecule has 2 amide bonds. The molecule has 2 fully saturated rings. The number of aliphatic carboxylic acids is 1. The second-order valence-electron chi connectivity index (χ2n) is 5.08. The summed E-state index contributed by atoms with van der Waals surface area (Å²) in [4.78, 5) is 37.9. The molecule has 0 aliphatic carbocycles. The van der Waals surface area contributed by atoms with Crippen LogP contribution in [0.1, 0.15) is 26.2 Å². The SMILES string of the molecule is CC1(C(=O)O)CCCN1C(=O)CCN1CCSC1=O. The van der Waals surface area contributed by atoms with E-state index in [9.17, 15) is 19.5 Å². The van der Waals surface area contributed by atoms with Crippen molar-refractivity contribution in [1.82, 2.24) is 9.80 Å². The fourth-order valence-corrected chi connectivity index (χ4v) is 3.43. The van der Waals surface area contributed by atoms with E-state index in [1.165, 1.54) is 16.7 Å². The van der Waals surface area contributed by atoms with Crippen molar-refractivity contribution >= 4 is 28.9 Å². The molecule has 19 heavy (non-hydrogen) atoms. The minimum Gasteiger partial charge on any atom is -0.480 e. The van der Waals surface area contributed by atoms with Gasteiger partial charge in [-0.3, -0.25) is 9.59 Å². The van der Waals surface area contributed by atoms with Gasteiger partial charge in [0.05, 0.1) is 0 Å². The molecule has 0 spiro atoms. The van der Waals surface area contributed by atoms with Gasteiger partial charge in [-0.15, -0.1) is 0 Å². The summed E-state index contributed by atoms with van der Waals surface area (Å²) in [5.41, 5.74) is -1.08. The van der Waals surface area contributed by atoms with Crippen LogP contribution in [0.5, 0.6) is 0 Å². The molecule has 0 saturated carbocycles. The second kappa shape index (κ2) is 5.40. The zero-order valence-corrected chi connectivity index (χ0v) is 11.7. The Balaban J connectivity index is 1.92. The second-order valence-corrected chi connectivity index (χ2v) is 6.13. The molecule has 106 valence electrons. The van der Waals surface area contributed by atoms with Gasteiger partial charge in [-0.25, -0.2) is 4.79 Å². The maximum Gasteiger partial charge on any atom is 0.329 e. The van der Waals surface area contributed by atoms with Crippen LogP contribution in [0.4, 0.5) is 4.79 Å². The molecule has 2 saturated heterocycles. The van der Waals surface area contributed by atoms with Crippen molar-refractivity contribution in [2.45, 2.75) is 31.7 Å². The normalized spacial score (nSPS) is 27.1. The Hall–Kier alpha value is -1.24. The predicted octanol–water partition coefficient (Wildman–Crippen LogP) is 1.01. The maximum atomic E-state index is 12.1. The van der Waals surface area contributed by atoms with Gasteiger partial charge in [0.2, 0.25) is 5.91 Å². The van der Waals surface area contributed by atoms with Crippen molar-refractivity contribution in [3.63, 3.8) is 0 Å². The lowest BCUT2D eigenvalue weighted by Gasteiger charge is -2.31. The van der Waals surface area contributed by atoms with Gasteiger partial charge in [0.1, 0.15) is 5.54 Å². The number of amides is 2. The van der Waals surface area contributed by atoms with Crippen molar-refractivity contribution < 1.29 is 19.5 Å². The van der Waals surface area contributed by atoms with Gasteiger partial charge >= 0.3 is 5.97 Å². The van der Waals surface area contributed by atoms with E-state index in [4.69, 9.17) is 0 Å². The minimum absolute atomic E-state index is 0.00946. The van der Waals surface area contributed by atoms with Crippen molar-refractivity contribution in [3.8, 4) is 0 Å². The van der Waals surface area contributed by atoms with Crippen molar-refractivity contribution in [3.05, 3.63) is 0 Å². The lowest BCUT2D eigenvalue weighted by molar-refractivity contribution is -0.155. The van der Waals surface area contributed by atoms with Gasteiger partial charge < -0.3 is 14.9 Å². The molecule has 2 rings (SSSR count). The molecule has 2 aliphatic rings. The Morgan fingerprint density at radius 3 is 2.74 bits per heavy atom. The summed E-state index contributed by atoms with van der Waals surface area (Å²) >= 11 is 1.26. The molecule has 6 nitrogen and oxygen atoms in total. The number of thioether (sulfide) groups is 1. The third-order valence-electron chi connectivity index (χ3n) is 3.84. The zero-order chi connectivity index (χ0) is 14.0. The number of carbonyl (C=O) groups excluding carboxylic acids is 2. The van der Waals surface area contributed by atoms with E-state index in [-0.39, 0.29) is 17.6 Å². The highest BCUT2D eigenvalue weighted by Gasteiger charge is 2.45. The summed E-state index contributed by atoms with van der Waals surface area (Å²) in [7, 11) is 0. The highest BCUT2D eigenvalue weighted by atomic mass is 32.2. The molecule has 1 N–H and O–H groups in total. The predicted molar refractivity (Wildman–Crippen MR) is 71.0 cm³/mol. The highest BCUT2D eigenvalue weighted by molar-refractivity contribution is 8.13. The molecule has 1 atom stereocenters. The first-order valence-corrected chi connectivity index (χ1v) is 7.39. The Morgan fingerprint density at radius 2 is 2.16 bits per heavy atom. The summed E-state index contributed by atoms with van der Waals surface area (Å²) in [5.74, 6) is -0.359. The van der Waals surface area contributed by atoms with Gasteiger partial charge in [-0.2, -0.15) is 0 Å². The van der Waals surface area contributed by atoms with E-state index in [0.717, 1.165) is 5.75 Å². The van der Waals surface area contributed by atoms with E-state index in [0.29, 0.717) is 32.5 Å². The van der Waals surface area contributed by atoms with Crippen molar-refractivity contribution in [2.24, 2.45) is 0 Å². The van der Waals surface area contributed by atoms with Crippen LogP contribution < -0.4 is 0 Å². The molecule has 2 heterocycles. The van der Waals surface area contributed by atoms with Crippen LogP contribution >= 0.6 is 11.8 Å². The molecule has 2 aliphatic heterocycles. The van der Waals surface area contributed by atoms with Crippen molar-refractivity contribution in [2.75, 3.05) is 25.4 Å². The minimum atomic E-state index is -1.08. The molecule has 0 bridgehead atoms.